The highest BCUT2D eigenvalue weighted by molar-refractivity contribution is 7.92. The van der Waals surface area contributed by atoms with E-state index in [0.29, 0.717) is 17.3 Å². The highest BCUT2D eigenvalue weighted by atomic mass is 35.5. The van der Waals surface area contributed by atoms with E-state index in [1.807, 2.05) is 18.2 Å². The molecule has 8 nitrogen and oxygen atoms in total. The van der Waals surface area contributed by atoms with Crippen molar-refractivity contribution in [1.82, 2.24) is 24.7 Å². The van der Waals surface area contributed by atoms with Crippen LogP contribution in [0.4, 0.5) is 5.69 Å². The van der Waals surface area contributed by atoms with Crippen LogP contribution in [0.15, 0.2) is 66.0 Å². The van der Waals surface area contributed by atoms with E-state index in [-0.39, 0.29) is 21.0 Å². The van der Waals surface area contributed by atoms with Crippen LogP contribution >= 0.6 is 11.6 Å². The van der Waals surface area contributed by atoms with Gasteiger partial charge < -0.3 is 4.57 Å². The van der Waals surface area contributed by atoms with Gasteiger partial charge in [0.05, 0.1) is 15.6 Å². The molecular formula is C23H23ClN6O2S. The van der Waals surface area contributed by atoms with Crippen molar-refractivity contribution in [3.05, 3.63) is 71.6 Å². The molecule has 170 valence electrons. The summed E-state index contributed by atoms with van der Waals surface area (Å²) < 4.78 is 30.6. The Bertz CT molecular complexity index is 1400. The van der Waals surface area contributed by atoms with E-state index in [0.717, 1.165) is 11.1 Å². The van der Waals surface area contributed by atoms with Crippen LogP contribution in [0.5, 0.6) is 0 Å². The van der Waals surface area contributed by atoms with Crippen molar-refractivity contribution in [2.75, 3.05) is 4.72 Å². The fourth-order valence-electron chi connectivity index (χ4n) is 3.31. The number of hydrogen-bond donors (Lipinski definition) is 1. The summed E-state index contributed by atoms with van der Waals surface area (Å²) in [5.74, 6) is 0.952. The molecule has 4 aromatic rings. The number of anilines is 1. The number of hydrogen-bond acceptors (Lipinski definition) is 6. The van der Waals surface area contributed by atoms with Crippen LogP contribution < -0.4 is 4.72 Å². The lowest BCUT2D eigenvalue weighted by Crippen LogP contribution is -2.16. The highest BCUT2D eigenvalue weighted by Crippen LogP contribution is 2.31. The Morgan fingerprint density at radius 1 is 1.00 bits per heavy atom. The van der Waals surface area contributed by atoms with Gasteiger partial charge in [-0.1, -0.05) is 44.5 Å². The molecule has 0 saturated heterocycles. The third-order valence-electron chi connectivity index (χ3n) is 5.14. The molecular weight excluding hydrogens is 460 g/mol. The maximum Gasteiger partial charge on any atom is 0.261 e. The minimum absolute atomic E-state index is 0.0864. The van der Waals surface area contributed by atoms with Crippen molar-refractivity contribution in [1.29, 1.82) is 0 Å². The maximum absolute atomic E-state index is 13.1. The molecule has 0 fully saturated rings. The Hall–Kier alpha value is -3.30. The van der Waals surface area contributed by atoms with Crippen molar-refractivity contribution in [3.8, 4) is 22.9 Å². The zero-order valence-corrected chi connectivity index (χ0v) is 20.2. The first-order valence-electron chi connectivity index (χ1n) is 10.2. The van der Waals surface area contributed by atoms with Gasteiger partial charge in [0.25, 0.3) is 10.0 Å². The van der Waals surface area contributed by atoms with Crippen LogP contribution in [-0.4, -0.2) is 33.2 Å². The number of halogens is 1. The molecule has 1 aromatic carbocycles. The summed E-state index contributed by atoms with van der Waals surface area (Å²) in [5.41, 5.74) is 2.23. The monoisotopic (exact) mass is 482 g/mol. The van der Waals surface area contributed by atoms with Gasteiger partial charge in [-0.3, -0.25) is 9.71 Å². The smallest absolute Gasteiger partial charge is 0.261 e. The van der Waals surface area contributed by atoms with Gasteiger partial charge in [-0.2, -0.15) is 0 Å². The van der Waals surface area contributed by atoms with Crippen LogP contribution in [-0.2, 0) is 22.5 Å². The quantitative estimate of drug-likeness (QED) is 0.442. The van der Waals surface area contributed by atoms with Crippen molar-refractivity contribution < 1.29 is 8.42 Å². The van der Waals surface area contributed by atoms with Gasteiger partial charge in [0.2, 0.25) is 0 Å². The summed E-state index contributed by atoms with van der Waals surface area (Å²) in [7, 11) is -2.12. The molecule has 0 atom stereocenters. The molecule has 1 N–H and O–H groups in total. The first-order valence-corrected chi connectivity index (χ1v) is 12.0. The highest BCUT2D eigenvalue weighted by Gasteiger charge is 2.22. The molecule has 0 aliphatic carbocycles. The van der Waals surface area contributed by atoms with E-state index in [2.05, 4.69) is 45.7 Å². The number of benzene rings is 1. The standard InChI is InChI=1S/C23H23ClN6O2S/c1-23(2,3)16-7-9-18(10-8-16)33(31,32)29-19-12-17(24)14-26-20(19)22-28-27-21(30(22)4)15-6-5-11-25-13-15/h5-14,29H,1-4H3. The Morgan fingerprint density at radius 2 is 1.70 bits per heavy atom. The van der Waals surface area contributed by atoms with Crippen molar-refractivity contribution in [3.63, 3.8) is 0 Å². The summed E-state index contributed by atoms with van der Waals surface area (Å²) in [4.78, 5) is 8.59. The second kappa shape index (κ2) is 8.57. The van der Waals surface area contributed by atoms with Crippen LogP contribution in [0.1, 0.15) is 26.3 Å². The molecule has 0 bridgehead atoms. The largest absolute Gasteiger partial charge is 0.309 e. The fraction of sp³-hybridized carbons (Fsp3) is 0.217. The van der Waals surface area contributed by atoms with E-state index in [9.17, 15) is 8.42 Å². The summed E-state index contributed by atoms with van der Waals surface area (Å²) in [6.45, 7) is 6.21. The zero-order chi connectivity index (χ0) is 23.8. The molecule has 3 aromatic heterocycles. The van der Waals surface area contributed by atoms with Gasteiger partial charge in [0.1, 0.15) is 5.69 Å². The Labute approximate surface area is 197 Å². The maximum atomic E-state index is 13.1. The van der Waals surface area contributed by atoms with Crippen molar-refractivity contribution in [2.45, 2.75) is 31.1 Å². The summed E-state index contributed by atoms with van der Waals surface area (Å²) in [5, 5.41) is 8.76. The zero-order valence-electron chi connectivity index (χ0n) is 18.6. The minimum atomic E-state index is -3.90. The van der Waals surface area contributed by atoms with E-state index >= 15 is 0 Å². The van der Waals surface area contributed by atoms with E-state index in [1.165, 1.54) is 12.3 Å². The van der Waals surface area contributed by atoms with Gasteiger partial charge in [0.15, 0.2) is 11.6 Å². The molecule has 33 heavy (non-hydrogen) atoms. The molecule has 0 aliphatic rings. The Kier molecular flexibility index (Phi) is 5.94. The fourth-order valence-corrected chi connectivity index (χ4v) is 4.53. The second-order valence-electron chi connectivity index (χ2n) is 8.58. The molecule has 10 heteroatoms. The molecule has 0 unspecified atom stereocenters. The third-order valence-corrected chi connectivity index (χ3v) is 6.72. The lowest BCUT2D eigenvalue weighted by molar-refractivity contribution is 0.587. The molecule has 0 amide bonds. The first kappa shape index (κ1) is 22.9. The number of nitrogens with one attached hydrogen (secondary N) is 1. The van der Waals surface area contributed by atoms with Crippen LogP contribution in [0.25, 0.3) is 22.9 Å². The SMILES string of the molecule is Cn1c(-c2cccnc2)nnc1-c1ncc(Cl)cc1NS(=O)(=O)c1ccc(C(C)(C)C)cc1. The summed E-state index contributed by atoms with van der Waals surface area (Å²) >= 11 is 6.14. The van der Waals surface area contributed by atoms with Crippen LogP contribution in [0.2, 0.25) is 5.02 Å². The molecule has 0 aliphatic heterocycles. The van der Waals surface area contributed by atoms with Gasteiger partial charge in [-0.05, 0) is 41.3 Å². The average Bonchev–Trinajstić information content (AvgIpc) is 3.15. The topological polar surface area (TPSA) is 103 Å². The molecule has 3 heterocycles. The van der Waals surface area contributed by atoms with Crippen LogP contribution in [0.3, 0.4) is 0 Å². The minimum Gasteiger partial charge on any atom is -0.309 e. The van der Waals surface area contributed by atoms with E-state index < -0.39 is 10.0 Å². The van der Waals surface area contributed by atoms with Crippen LogP contribution in [0, 0.1) is 0 Å². The van der Waals surface area contributed by atoms with Gasteiger partial charge >= 0.3 is 0 Å². The first-order chi connectivity index (χ1) is 15.6. The summed E-state index contributed by atoms with van der Waals surface area (Å²) in [6.07, 6.45) is 4.78. The van der Waals surface area contributed by atoms with Gasteiger partial charge in [-0.15, -0.1) is 10.2 Å². The van der Waals surface area contributed by atoms with Gasteiger partial charge in [-0.25, -0.2) is 13.4 Å². The average molecular weight is 483 g/mol. The summed E-state index contributed by atoms with van der Waals surface area (Å²) in [6, 6.07) is 12.0. The number of nitrogens with zero attached hydrogens (tertiary/aromatic N) is 5. The molecule has 0 spiro atoms. The lowest BCUT2D eigenvalue weighted by atomic mass is 9.87. The van der Waals surface area contributed by atoms with E-state index in [1.54, 1.807) is 42.2 Å². The second-order valence-corrected chi connectivity index (χ2v) is 10.7. The number of aromatic nitrogens is 5. The third kappa shape index (κ3) is 4.74. The normalized spacial score (nSPS) is 12.0. The molecule has 0 radical (unpaired) electrons. The lowest BCUT2D eigenvalue weighted by Gasteiger charge is -2.19. The Morgan fingerprint density at radius 3 is 2.33 bits per heavy atom. The predicted molar refractivity (Wildman–Crippen MR) is 128 cm³/mol. The van der Waals surface area contributed by atoms with E-state index in [4.69, 9.17) is 11.6 Å². The van der Waals surface area contributed by atoms with Crippen molar-refractivity contribution in [2.24, 2.45) is 7.05 Å². The predicted octanol–water partition coefficient (Wildman–Crippen LogP) is 4.69. The molecule has 4 rings (SSSR count). The number of pyridine rings is 2. The van der Waals surface area contributed by atoms with Gasteiger partial charge in [0, 0.05) is 31.2 Å². The number of sulfonamides is 1. The molecule has 0 saturated carbocycles. The number of rotatable bonds is 5. The Balaban J connectivity index is 1.72. The van der Waals surface area contributed by atoms with Crippen molar-refractivity contribution >= 4 is 27.3 Å².